The number of hydrogen-bond donors (Lipinski definition) is 1. The lowest BCUT2D eigenvalue weighted by Gasteiger charge is -2.49. The number of likely N-dealkylation sites (tertiary alicyclic amines) is 1. The maximum Gasteiger partial charge on any atom is 0.266 e. The Bertz CT molecular complexity index is 1120. The molecule has 1 saturated heterocycles. The Kier molecular flexibility index (Phi) is 7.95. The number of carbonyl (C=O) groups excluding carboxylic acids is 1. The Morgan fingerprint density at radius 2 is 1.92 bits per heavy atom. The first-order valence-electron chi connectivity index (χ1n) is 12.6. The molecule has 2 aromatic rings. The minimum absolute atomic E-state index is 0.0893. The topological polar surface area (TPSA) is 58.1 Å². The quantitative estimate of drug-likeness (QED) is 0.378. The van der Waals surface area contributed by atoms with Gasteiger partial charge in [-0.15, -0.1) is 0 Å². The lowest BCUT2D eigenvalue weighted by Crippen LogP contribution is -2.60. The highest BCUT2D eigenvalue weighted by atomic mass is 35.5. The van der Waals surface area contributed by atoms with Crippen molar-refractivity contribution in [3.8, 4) is 0 Å². The number of benzene rings is 1. The summed E-state index contributed by atoms with van der Waals surface area (Å²) in [4.78, 5) is 24.0. The van der Waals surface area contributed by atoms with Crippen molar-refractivity contribution in [2.45, 2.75) is 78.3 Å². The van der Waals surface area contributed by atoms with Crippen molar-refractivity contribution < 1.29 is 18.0 Å². The number of anilines is 1. The van der Waals surface area contributed by atoms with Gasteiger partial charge in [0.1, 0.15) is 17.4 Å². The average Bonchev–Trinajstić information content (AvgIpc) is 2.80. The van der Waals surface area contributed by atoms with Crippen molar-refractivity contribution in [2.75, 3.05) is 18.4 Å². The number of aromatic nitrogens is 2. The smallest absolute Gasteiger partial charge is 0.266 e. The molecule has 9 heteroatoms. The van der Waals surface area contributed by atoms with Gasteiger partial charge in [0.05, 0.1) is 22.7 Å². The number of carbonyl (C=O) groups is 1. The second-order valence-corrected chi connectivity index (χ2v) is 11.2. The third kappa shape index (κ3) is 5.54. The maximum atomic E-state index is 14.7. The van der Waals surface area contributed by atoms with Gasteiger partial charge in [-0.2, -0.15) is 0 Å². The molecule has 1 N–H and O–H groups in total. The van der Waals surface area contributed by atoms with Crippen LogP contribution in [-0.4, -0.2) is 39.8 Å². The van der Waals surface area contributed by atoms with E-state index in [9.17, 15) is 18.0 Å². The molecule has 1 aromatic carbocycles. The second kappa shape index (κ2) is 10.7. The van der Waals surface area contributed by atoms with E-state index >= 15 is 0 Å². The number of alkyl halides is 2. The van der Waals surface area contributed by atoms with Crippen LogP contribution in [0.2, 0.25) is 5.28 Å². The minimum atomic E-state index is -2.89. The SMILES string of the molecule is CC(C)N1CC(C)(C(=O)CCC2CCc3nc(Cl)nc(N[C@H](C)c4cccc(C(F)F)c4F)c3C2)C1. The Hall–Kier alpha value is -2.19. The number of halogens is 4. The van der Waals surface area contributed by atoms with Crippen molar-refractivity contribution in [1.82, 2.24) is 14.9 Å². The van der Waals surface area contributed by atoms with Crippen LogP contribution in [0, 0.1) is 17.2 Å². The standard InChI is InChI=1S/C27H34ClF3N4O/c1-15(2)35-13-27(4,14-35)22(36)11-9-17-8-10-21-20(12-17)25(34-26(28)33-21)32-16(3)18-6-5-7-19(23(18)29)24(30)31/h5-7,15-17,24H,8-14H2,1-4H3,(H,32,33,34)/t16-,17?/m1/s1. The van der Waals surface area contributed by atoms with E-state index in [1.54, 1.807) is 6.92 Å². The molecular weight excluding hydrogens is 489 g/mol. The van der Waals surface area contributed by atoms with E-state index in [1.807, 2.05) is 0 Å². The number of ketones is 1. The zero-order valence-electron chi connectivity index (χ0n) is 21.3. The molecule has 0 radical (unpaired) electrons. The molecular formula is C27H34ClF3N4O. The van der Waals surface area contributed by atoms with Crippen LogP contribution in [0.25, 0.3) is 0 Å². The summed E-state index contributed by atoms with van der Waals surface area (Å²) in [5.41, 5.74) is 1.00. The summed E-state index contributed by atoms with van der Waals surface area (Å²) >= 11 is 6.17. The summed E-state index contributed by atoms with van der Waals surface area (Å²) in [6.45, 7) is 9.69. The fraction of sp³-hybridized carbons (Fsp3) is 0.593. The van der Waals surface area contributed by atoms with E-state index in [4.69, 9.17) is 11.6 Å². The van der Waals surface area contributed by atoms with Gasteiger partial charge in [-0.25, -0.2) is 23.1 Å². The zero-order valence-corrected chi connectivity index (χ0v) is 22.0. The van der Waals surface area contributed by atoms with Crippen LogP contribution in [-0.2, 0) is 17.6 Å². The molecule has 36 heavy (non-hydrogen) atoms. The summed E-state index contributed by atoms with van der Waals surface area (Å²) in [6, 6.07) is 3.85. The van der Waals surface area contributed by atoms with Gasteiger partial charge in [-0.05, 0) is 64.0 Å². The number of fused-ring (bicyclic) bond motifs is 1. The van der Waals surface area contributed by atoms with Crippen molar-refractivity contribution in [1.29, 1.82) is 0 Å². The van der Waals surface area contributed by atoms with Crippen LogP contribution in [0.5, 0.6) is 0 Å². The Balaban J connectivity index is 1.45. The predicted octanol–water partition coefficient (Wildman–Crippen LogP) is 6.56. The molecule has 1 unspecified atom stereocenters. The van der Waals surface area contributed by atoms with E-state index in [-0.39, 0.29) is 16.3 Å². The number of Topliss-reactive ketones (excluding diaryl/α,β-unsaturated/α-hetero) is 1. The number of aryl methyl sites for hydroxylation is 1. The van der Waals surface area contributed by atoms with E-state index in [0.717, 1.165) is 43.3 Å². The first-order chi connectivity index (χ1) is 17.0. The normalized spacial score (nSPS) is 20.2. The van der Waals surface area contributed by atoms with Gasteiger partial charge in [0.25, 0.3) is 6.43 Å². The molecule has 196 valence electrons. The summed E-state index contributed by atoms with van der Waals surface area (Å²) in [5.74, 6) is 0.192. The zero-order chi connectivity index (χ0) is 26.2. The largest absolute Gasteiger partial charge is 0.363 e. The van der Waals surface area contributed by atoms with Gasteiger partial charge < -0.3 is 5.32 Å². The molecule has 1 aliphatic carbocycles. The second-order valence-electron chi connectivity index (χ2n) is 10.8. The highest BCUT2D eigenvalue weighted by Gasteiger charge is 2.45. The molecule has 2 heterocycles. The summed E-state index contributed by atoms with van der Waals surface area (Å²) in [7, 11) is 0. The third-order valence-corrected chi connectivity index (χ3v) is 7.92. The molecule has 4 rings (SSSR count). The number of rotatable bonds is 9. The molecule has 2 atom stereocenters. The fourth-order valence-electron chi connectivity index (χ4n) is 5.40. The maximum absolute atomic E-state index is 14.7. The highest BCUT2D eigenvalue weighted by Crippen LogP contribution is 2.37. The van der Waals surface area contributed by atoms with Crippen LogP contribution in [0.1, 0.15) is 81.8 Å². The molecule has 0 bridgehead atoms. The van der Waals surface area contributed by atoms with Crippen molar-refractivity contribution in [3.63, 3.8) is 0 Å². The molecule has 1 aromatic heterocycles. The summed E-state index contributed by atoms with van der Waals surface area (Å²) in [6.07, 6.45) is 0.746. The molecule has 1 aliphatic heterocycles. The van der Waals surface area contributed by atoms with Crippen LogP contribution in [0.3, 0.4) is 0 Å². The Morgan fingerprint density at radius 3 is 2.58 bits per heavy atom. The van der Waals surface area contributed by atoms with Crippen molar-refractivity contribution in [3.05, 3.63) is 51.7 Å². The van der Waals surface area contributed by atoms with Crippen LogP contribution in [0.15, 0.2) is 18.2 Å². The highest BCUT2D eigenvalue weighted by molar-refractivity contribution is 6.28. The Morgan fingerprint density at radius 1 is 1.22 bits per heavy atom. The predicted molar refractivity (Wildman–Crippen MR) is 135 cm³/mol. The third-order valence-electron chi connectivity index (χ3n) is 7.75. The van der Waals surface area contributed by atoms with Gasteiger partial charge in [0.2, 0.25) is 5.28 Å². The number of hydrogen-bond acceptors (Lipinski definition) is 5. The monoisotopic (exact) mass is 522 g/mol. The first kappa shape index (κ1) is 26.9. The van der Waals surface area contributed by atoms with E-state index in [0.29, 0.717) is 42.8 Å². The van der Waals surface area contributed by atoms with Crippen LogP contribution >= 0.6 is 11.6 Å². The molecule has 5 nitrogen and oxygen atoms in total. The van der Waals surface area contributed by atoms with Crippen LogP contribution in [0.4, 0.5) is 19.0 Å². The Labute approximate surface area is 215 Å². The molecule has 0 spiro atoms. The van der Waals surface area contributed by atoms with Crippen LogP contribution < -0.4 is 5.32 Å². The molecule has 0 amide bonds. The summed E-state index contributed by atoms with van der Waals surface area (Å²) in [5, 5.41) is 3.27. The average molecular weight is 523 g/mol. The van der Waals surface area contributed by atoms with E-state index in [1.165, 1.54) is 12.1 Å². The summed E-state index contributed by atoms with van der Waals surface area (Å²) < 4.78 is 41.1. The van der Waals surface area contributed by atoms with Gasteiger partial charge in [-0.3, -0.25) is 9.69 Å². The van der Waals surface area contributed by atoms with Crippen molar-refractivity contribution >= 4 is 23.2 Å². The lowest BCUT2D eigenvalue weighted by atomic mass is 9.74. The van der Waals surface area contributed by atoms with Crippen molar-refractivity contribution in [2.24, 2.45) is 11.3 Å². The number of nitrogens with zero attached hydrogens (tertiary/aromatic N) is 3. The minimum Gasteiger partial charge on any atom is -0.363 e. The van der Waals surface area contributed by atoms with Gasteiger partial charge in [0.15, 0.2) is 0 Å². The molecule has 2 aliphatic rings. The lowest BCUT2D eigenvalue weighted by molar-refractivity contribution is -0.139. The van der Waals surface area contributed by atoms with Gasteiger partial charge in [-0.1, -0.05) is 25.1 Å². The van der Waals surface area contributed by atoms with Gasteiger partial charge in [0, 0.05) is 36.7 Å². The molecule has 1 fully saturated rings. The number of nitrogens with one attached hydrogen (secondary N) is 1. The van der Waals surface area contributed by atoms with Gasteiger partial charge >= 0.3 is 0 Å². The molecule has 0 saturated carbocycles. The van der Waals surface area contributed by atoms with E-state index < -0.39 is 23.8 Å². The van der Waals surface area contributed by atoms with E-state index in [2.05, 4.69) is 41.0 Å². The fourth-order valence-corrected chi connectivity index (χ4v) is 5.59. The first-order valence-corrected chi connectivity index (χ1v) is 13.0.